The van der Waals surface area contributed by atoms with E-state index in [2.05, 4.69) is 0 Å². The van der Waals surface area contributed by atoms with Crippen molar-refractivity contribution in [1.29, 1.82) is 0 Å². The number of esters is 3. The number of rotatable bonds is 12. The Kier molecular flexibility index (Phi) is 15.5. The molecule has 128 valence electrons. The van der Waals surface area contributed by atoms with Crippen molar-refractivity contribution in [3.05, 3.63) is 0 Å². The molecule has 0 spiro atoms. The number of alkyl halides is 3. The van der Waals surface area contributed by atoms with E-state index in [0.717, 1.165) is 4.90 Å². The van der Waals surface area contributed by atoms with Gasteiger partial charge in [-0.2, -0.15) is 0 Å². The van der Waals surface area contributed by atoms with Gasteiger partial charge in [-0.3, -0.25) is 14.4 Å². The fourth-order valence-corrected chi connectivity index (χ4v) is 2.08. The van der Waals surface area contributed by atoms with Crippen molar-refractivity contribution in [2.45, 2.75) is 0 Å². The van der Waals surface area contributed by atoms with Crippen LogP contribution in [0.3, 0.4) is 0 Å². The van der Waals surface area contributed by atoms with Crippen molar-refractivity contribution in [3.8, 4) is 0 Å². The van der Waals surface area contributed by atoms with Crippen molar-refractivity contribution in [3.63, 3.8) is 0 Å². The third-order valence-corrected chi connectivity index (χ3v) is 4.35. The Morgan fingerprint density at radius 3 is 1.14 bits per heavy atom. The zero-order chi connectivity index (χ0) is 16.8. The van der Waals surface area contributed by atoms with Gasteiger partial charge in [-0.1, -0.05) is 67.8 Å². The van der Waals surface area contributed by atoms with Gasteiger partial charge in [-0.05, 0) is 0 Å². The normalized spacial score (nSPS) is 10.4. The summed E-state index contributed by atoms with van der Waals surface area (Å²) in [6, 6.07) is 0. The highest BCUT2D eigenvalue weighted by Gasteiger charge is 2.12. The van der Waals surface area contributed by atoms with Crippen LogP contribution in [0.2, 0.25) is 0 Å². The lowest BCUT2D eigenvalue weighted by Crippen LogP contribution is -3.13. The number of hydrogen-bond donors (Lipinski definition) is 1. The molecule has 0 aromatic heterocycles. The Balaban J connectivity index is 4.09. The standard InChI is InChI=1S/C12H18I3NO6/c13-7-10(17)20-4-1-16(2-5-21-11(18)8-14)3-6-22-12(19)9-15/h1-9H2/p+1. The third-order valence-electron chi connectivity index (χ3n) is 2.48. The van der Waals surface area contributed by atoms with E-state index in [-0.39, 0.29) is 37.7 Å². The number of nitrogens with one attached hydrogen (secondary N) is 1. The molecule has 0 aliphatic carbocycles. The van der Waals surface area contributed by atoms with Crippen molar-refractivity contribution in [1.82, 2.24) is 0 Å². The highest BCUT2D eigenvalue weighted by molar-refractivity contribution is 14.1. The van der Waals surface area contributed by atoms with Gasteiger partial charge in [0.15, 0.2) is 0 Å². The fourth-order valence-electron chi connectivity index (χ4n) is 1.42. The van der Waals surface area contributed by atoms with Crippen LogP contribution >= 0.6 is 67.8 Å². The van der Waals surface area contributed by atoms with E-state index in [1.807, 2.05) is 67.8 Å². The molecule has 0 unspecified atom stereocenters. The number of carbonyl (C=O) groups is 3. The largest absolute Gasteiger partial charge is 0.459 e. The molecule has 10 heteroatoms. The smallest absolute Gasteiger partial charge is 0.315 e. The average Bonchev–Trinajstić information content (AvgIpc) is 2.53. The second-order valence-electron chi connectivity index (χ2n) is 4.06. The van der Waals surface area contributed by atoms with Gasteiger partial charge < -0.3 is 19.1 Å². The van der Waals surface area contributed by atoms with E-state index >= 15 is 0 Å². The molecule has 0 saturated carbocycles. The van der Waals surface area contributed by atoms with E-state index < -0.39 is 0 Å². The van der Waals surface area contributed by atoms with Crippen molar-refractivity contribution >= 4 is 85.7 Å². The zero-order valence-corrected chi connectivity index (χ0v) is 18.4. The summed E-state index contributed by atoms with van der Waals surface area (Å²) >= 11 is 5.82. The number of hydrogen-bond acceptors (Lipinski definition) is 6. The van der Waals surface area contributed by atoms with E-state index in [9.17, 15) is 14.4 Å². The molecule has 0 rings (SSSR count). The van der Waals surface area contributed by atoms with Gasteiger partial charge in [0, 0.05) is 0 Å². The second kappa shape index (κ2) is 15.1. The summed E-state index contributed by atoms with van der Waals surface area (Å²) in [7, 11) is 0. The van der Waals surface area contributed by atoms with Gasteiger partial charge >= 0.3 is 17.9 Å². The van der Waals surface area contributed by atoms with Crippen LogP contribution in [0, 0.1) is 0 Å². The maximum Gasteiger partial charge on any atom is 0.315 e. The van der Waals surface area contributed by atoms with Crippen LogP contribution < -0.4 is 4.90 Å². The number of halogens is 3. The monoisotopic (exact) mass is 654 g/mol. The summed E-state index contributed by atoms with van der Waals surface area (Å²) in [6.45, 7) is 2.59. The number of carbonyl (C=O) groups excluding carboxylic acids is 3. The van der Waals surface area contributed by atoms with Gasteiger partial charge in [-0.15, -0.1) is 0 Å². The average molecular weight is 654 g/mol. The van der Waals surface area contributed by atoms with Crippen LogP contribution in [0.15, 0.2) is 0 Å². The van der Waals surface area contributed by atoms with Crippen molar-refractivity contribution < 1.29 is 33.5 Å². The predicted octanol–water partition coefficient (Wildman–Crippen LogP) is -0.194. The van der Waals surface area contributed by atoms with Gasteiger partial charge in [0.05, 0.1) is 13.3 Å². The molecule has 22 heavy (non-hydrogen) atoms. The molecule has 0 aromatic rings. The zero-order valence-electron chi connectivity index (χ0n) is 11.9. The molecule has 0 amide bonds. The molecule has 0 radical (unpaired) electrons. The number of quaternary nitrogens is 1. The van der Waals surface area contributed by atoms with Gasteiger partial charge in [0.1, 0.15) is 39.5 Å². The maximum absolute atomic E-state index is 11.1. The van der Waals surface area contributed by atoms with Crippen LogP contribution in [-0.4, -0.2) is 70.6 Å². The first-order valence-electron chi connectivity index (χ1n) is 6.51. The molecule has 0 aliphatic rings. The second-order valence-corrected chi connectivity index (χ2v) is 6.35. The van der Waals surface area contributed by atoms with E-state index in [1.165, 1.54) is 0 Å². The fraction of sp³-hybridized carbons (Fsp3) is 0.750. The van der Waals surface area contributed by atoms with Crippen LogP contribution in [0.1, 0.15) is 0 Å². The molecule has 0 aromatic carbocycles. The topological polar surface area (TPSA) is 83.3 Å². The van der Waals surface area contributed by atoms with Gasteiger partial charge in [0.2, 0.25) is 0 Å². The molecule has 7 nitrogen and oxygen atoms in total. The first-order valence-corrected chi connectivity index (χ1v) is 11.1. The molecule has 0 heterocycles. The lowest BCUT2D eigenvalue weighted by molar-refractivity contribution is -0.900. The SMILES string of the molecule is O=C(CI)OCC[NH+](CCOC(=O)CI)CCOC(=O)CI. The van der Waals surface area contributed by atoms with Gasteiger partial charge in [0.25, 0.3) is 0 Å². The highest BCUT2D eigenvalue weighted by atomic mass is 127. The van der Waals surface area contributed by atoms with Crippen molar-refractivity contribution in [2.75, 3.05) is 52.7 Å². The summed E-state index contributed by atoms with van der Waals surface area (Å²) in [5.74, 6) is -0.770. The summed E-state index contributed by atoms with van der Waals surface area (Å²) in [4.78, 5) is 34.3. The maximum atomic E-state index is 11.1. The molecule has 0 saturated heterocycles. The van der Waals surface area contributed by atoms with Gasteiger partial charge in [-0.25, -0.2) is 0 Å². The lowest BCUT2D eigenvalue weighted by Gasteiger charge is -2.19. The molecular weight excluding hydrogens is 635 g/mol. The summed E-state index contributed by atoms with van der Waals surface area (Å²) in [6.07, 6.45) is 0. The molecular formula is C12H19I3NO6+. The predicted molar refractivity (Wildman–Crippen MR) is 105 cm³/mol. The van der Waals surface area contributed by atoms with Crippen LogP contribution in [0.4, 0.5) is 0 Å². The Hall–Kier alpha value is 0.560. The first kappa shape index (κ1) is 22.6. The third kappa shape index (κ3) is 13.0. The Morgan fingerprint density at radius 2 is 0.909 bits per heavy atom. The summed E-state index contributed by atoms with van der Waals surface area (Å²) in [5, 5.41) is 0. The number of ether oxygens (including phenoxy) is 3. The van der Waals surface area contributed by atoms with E-state index in [4.69, 9.17) is 14.2 Å². The molecule has 0 atom stereocenters. The lowest BCUT2D eigenvalue weighted by atomic mass is 10.4. The molecule has 0 aliphatic heterocycles. The van der Waals surface area contributed by atoms with Crippen LogP contribution in [-0.2, 0) is 28.6 Å². The summed E-state index contributed by atoms with van der Waals surface area (Å²) < 4.78 is 16.0. The highest BCUT2D eigenvalue weighted by Crippen LogP contribution is 1.87. The van der Waals surface area contributed by atoms with E-state index in [0.29, 0.717) is 32.9 Å². The molecule has 0 bridgehead atoms. The van der Waals surface area contributed by atoms with Crippen LogP contribution in [0.25, 0.3) is 0 Å². The quantitative estimate of drug-likeness (QED) is 0.136. The molecule has 1 N–H and O–H groups in total. The Labute approximate surface area is 170 Å². The minimum absolute atomic E-state index is 0.257. The minimum atomic E-state index is -0.257. The van der Waals surface area contributed by atoms with Crippen LogP contribution in [0.5, 0.6) is 0 Å². The minimum Gasteiger partial charge on any atom is -0.459 e. The molecule has 0 fully saturated rings. The summed E-state index contributed by atoms with van der Waals surface area (Å²) in [5.41, 5.74) is 0. The first-order chi connectivity index (χ1) is 10.5. The van der Waals surface area contributed by atoms with Crippen molar-refractivity contribution in [2.24, 2.45) is 0 Å². The van der Waals surface area contributed by atoms with E-state index in [1.54, 1.807) is 0 Å². The Bertz CT molecular complexity index is 303. The Morgan fingerprint density at radius 1 is 0.636 bits per heavy atom.